The zero-order valence-electron chi connectivity index (χ0n) is 10.9. The Hall–Kier alpha value is -2.13. The molecule has 3 rings (SSSR count). The Bertz CT molecular complexity index is 653. The molecular formula is C16H17N3. The summed E-state index contributed by atoms with van der Waals surface area (Å²) in [7, 11) is 0. The van der Waals surface area contributed by atoms with Crippen LogP contribution < -0.4 is 5.32 Å². The van der Waals surface area contributed by atoms with E-state index in [-0.39, 0.29) is 0 Å². The van der Waals surface area contributed by atoms with E-state index in [9.17, 15) is 0 Å². The Morgan fingerprint density at radius 2 is 2.00 bits per heavy atom. The molecule has 0 spiro atoms. The largest absolute Gasteiger partial charge is 0.347 e. The van der Waals surface area contributed by atoms with Crippen molar-refractivity contribution in [2.75, 3.05) is 0 Å². The molecule has 0 aliphatic carbocycles. The molecule has 3 aromatic rings. The Morgan fingerprint density at radius 1 is 1.16 bits per heavy atom. The van der Waals surface area contributed by atoms with Crippen molar-refractivity contribution < 1.29 is 0 Å². The molecule has 1 heterocycles. The SMILES string of the molecule is C[C@@H](NCc1cnc[nH]1)c1cccc2ccccc12. The summed E-state index contributed by atoms with van der Waals surface area (Å²) in [6.07, 6.45) is 3.56. The molecule has 3 nitrogen and oxygen atoms in total. The van der Waals surface area contributed by atoms with E-state index in [1.807, 2.05) is 6.20 Å². The maximum absolute atomic E-state index is 4.03. The minimum atomic E-state index is 0.300. The molecule has 0 aliphatic heterocycles. The highest BCUT2D eigenvalue weighted by Gasteiger charge is 2.08. The van der Waals surface area contributed by atoms with Crippen molar-refractivity contribution in [2.45, 2.75) is 19.5 Å². The summed E-state index contributed by atoms with van der Waals surface area (Å²) in [5.41, 5.74) is 2.43. The fraction of sp³-hybridized carbons (Fsp3) is 0.188. The van der Waals surface area contributed by atoms with Gasteiger partial charge in [-0.1, -0.05) is 42.5 Å². The van der Waals surface area contributed by atoms with Crippen LogP contribution in [-0.4, -0.2) is 9.97 Å². The topological polar surface area (TPSA) is 40.7 Å². The first-order valence-corrected chi connectivity index (χ1v) is 6.53. The first-order valence-electron chi connectivity index (χ1n) is 6.53. The van der Waals surface area contributed by atoms with Crippen molar-refractivity contribution in [3.63, 3.8) is 0 Å². The summed E-state index contributed by atoms with van der Waals surface area (Å²) in [6, 6.07) is 15.3. The molecule has 0 saturated carbocycles. The van der Waals surface area contributed by atoms with Crippen molar-refractivity contribution in [1.82, 2.24) is 15.3 Å². The Morgan fingerprint density at radius 3 is 2.84 bits per heavy atom. The van der Waals surface area contributed by atoms with E-state index in [0.717, 1.165) is 12.2 Å². The number of hydrogen-bond donors (Lipinski definition) is 2. The van der Waals surface area contributed by atoms with Crippen molar-refractivity contribution in [1.29, 1.82) is 0 Å². The van der Waals surface area contributed by atoms with Crippen LogP contribution in [0.3, 0.4) is 0 Å². The van der Waals surface area contributed by atoms with Crippen LogP contribution in [0.1, 0.15) is 24.2 Å². The minimum absolute atomic E-state index is 0.300. The highest BCUT2D eigenvalue weighted by atomic mass is 15.0. The number of aromatic amines is 1. The maximum Gasteiger partial charge on any atom is 0.0922 e. The lowest BCUT2D eigenvalue weighted by Crippen LogP contribution is -2.18. The van der Waals surface area contributed by atoms with Gasteiger partial charge in [0, 0.05) is 24.5 Å². The second-order valence-electron chi connectivity index (χ2n) is 4.75. The van der Waals surface area contributed by atoms with E-state index in [0.29, 0.717) is 6.04 Å². The smallest absolute Gasteiger partial charge is 0.0922 e. The van der Waals surface area contributed by atoms with Crippen LogP contribution in [0.2, 0.25) is 0 Å². The van der Waals surface area contributed by atoms with Gasteiger partial charge < -0.3 is 10.3 Å². The normalized spacial score (nSPS) is 12.7. The highest BCUT2D eigenvalue weighted by molar-refractivity contribution is 5.86. The minimum Gasteiger partial charge on any atom is -0.347 e. The van der Waals surface area contributed by atoms with E-state index in [2.05, 4.69) is 64.7 Å². The third-order valence-corrected chi connectivity index (χ3v) is 3.44. The maximum atomic E-state index is 4.03. The standard InChI is InChI=1S/C16H17N3/c1-12(18-10-14-9-17-11-19-14)15-8-4-6-13-5-2-3-7-16(13)15/h2-9,11-12,18H,10H2,1H3,(H,17,19)/t12-/m1/s1. The number of imidazole rings is 1. The van der Waals surface area contributed by atoms with Crippen LogP contribution in [0.15, 0.2) is 55.0 Å². The van der Waals surface area contributed by atoms with Crippen LogP contribution >= 0.6 is 0 Å². The highest BCUT2D eigenvalue weighted by Crippen LogP contribution is 2.24. The lowest BCUT2D eigenvalue weighted by Gasteiger charge is -2.16. The van der Waals surface area contributed by atoms with Gasteiger partial charge in [0.05, 0.1) is 6.33 Å². The zero-order chi connectivity index (χ0) is 13.1. The van der Waals surface area contributed by atoms with E-state index in [1.165, 1.54) is 16.3 Å². The molecule has 0 amide bonds. The molecule has 0 radical (unpaired) electrons. The summed E-state index contributed by atoms with van der Waals surface area (Å²) in [4.78, 5) is 7.13. The number of rotatable bonds is 4. The third-order valence-electron chi connectivity index (χ3n) is 3.44. The predicted molar refractivity (Wildman–Crippen MR) is 77.8 cm³/mol. The van der Waals surface area contributed by atoms with Crippen LogP contribution in [-0.2, 0) is 6.54 Å². The number of benzene rings is 2. The fourth-order valence-electron chi connectivity index (χ4n) is 2.38. The van der Waals surface area contributed by atoms with Gasteiger partial charge in [0.15, 0.2) is 0 Å². The van der Waals surface area contributed by atoms with Crippen LogP contribution in [0.5, 0.6) is 0 Å². The van der Waals surface area contributed by atoms with Gasteiger partial charge in [0.2, 0.25) is 0 Å². The van der Waals surface area contributed by atoms with E-state index < -0.39 is 0 Å². The van der Waals surface area contributed by atoms with Gasteiger partial charge in [0.25, 0.3) is 0 Å². The second-order valence-corrected chi connectivity index (χ2v) is 4.75. The summed E-state index contributed by atoms with van der Waals surface area (Å²) in [6.45, 7) is 2.99. The Kier molecular flexibility index (Phi) is 3.29. The van der Waals surface area contributed by atoms with Crippen molar-refractivity contribution in [3.05, 3.63) is 66.2 Å². The molecule has 19 heavy (non-hydrogen) atoms. The van der Waals surface area contributed by atoms with Gasteiger partial charge in [-0.15, -0.1) is 0 Å². The summed E-state index contributed by atoms with van der Waals surface area (Å²) in [5.74, 6) is 0. The molecule has 2 N–H and O–H groups in total. The number of hydrogen-bond acceptors (Lipinski definition) is 2. The van der Waals surface area contributed by atoms with Gasteiger partial charge in [-0.05, 0) is 23.3 Å². The van der Waals surface area contributed by atoms with E-state index in [4.69, 9.17) is 0 Å². The molecule has 1 aromatic heterocycles. The number of fused-ring (bicyclic) bond motifs is 1. The Balaban J connectivity index is 1.83. The molecule has 0 bridgehead atoms. The van der Waals surface area contributed by atoms with Gasteiger partial charge in [-0.25, -0.2) is 4.98 Å². The molecule has 1 atom stereocenters. The molecular weight excluding hydrogens is 234 g/mol. The number of H-pyrrole nitrogens is 1. The van der Waals surface area contributed by atoms with Gasteiger partial charge in [-0.3, -0.25) is 0 Å². The number of nitrogens with zero attached hydrogens (tertiary/aromatic N) is 1. The van der Waals surface area contributed by atoms with E-state index >= 15 is 0 Å². The van der Waals surface area contributed by atoms with Gasteiger partial charge in [0.1, 0.15) is 0 Å². The first-order chi connectivity index (χ1) is 9.34. The average molecular weight is 251 g/mol. The predicted octanol–water partition coefficient (Wildman–Crippen LogP) is 3.41. The summed E-state index contributed by atoms with van der Waals surface area (Å²) >= 11 is 0. The molecule has 2 aromatic carbocycles. The fourth-order valence-corrected chi connectivity index (χ4v) is 2.38. The second kappa shape index (κ2) is 5.24. The molecule has 0 unspecified atom stereocenters. The third kappa shape index (κ3) is 2.51. The Labute approximate surface area is 112 Å². The molecule has 0 saturated heterocycles. The number of nitrogens with one attached hydrogen (secondary N) is 2. The molecule has 0 fully saturated rings. The van der Waals surface area contributed by atoms with Gasteiger partial charge in [-0.2, -0.15) is 0 Å². The van der Waals surface area contributed by atoms with E-state index in [1.54, 1.807) is 6.33 Å². The van der Waals surface area contributed by atoms with Crippen molar-refractivity contribution >= 4 is 10.8 Å². The van der Waals surface area contributed by atoms with Crippen LogP contribution in [0, 0.1) is 0 Å². The number of aromatic nitrogens is 2. The monoisotopic (exact) mass is 251 g/mol. The zero-order valence-corrected chi connectivity index (χ0v) is 10.9. The first kappa shape index (κ1) is 11.9. The quantitative estimate of drug-likeness (QED) is 0.746. The average Bonchev–Trinajstić information content (AvgIpc) is 2.97. The molecule has 0 aliphatic rings. The lowest BCUT2D eigenvalue weighted by molar-refractivity contribution is 0.572. The van der Waals surface area contributed by atoms with Gasteiger partial charge >= 0.3 is 0 Å². The lowest BCUT2D eigenvalue weighted by atomic mass is 10.00. The molecule has 3 heteroatoms. The molecule has 96 valence electrons. The summed E-state index contributed by atoms with van der Waals surface area (Å²) < 4.78 is 0. The van der Waals surface area contributed by atoms with Crippen molar-refractivity contribution in [2.24, 2.45) is 0 Å². The van der Waals surface area contributed by atoms with Crippen LogP contribution in [0.4, 0.5) is 0 Å². The van der Waals surface area contributed by atoms with Crippen LogP contribution in [0.25, 0.3) is 10.8 Å². The summed E-state index contributed by atoms with van der Waals surface area (Å²) in [5, 5.41) is 6.12. The van der Waals surface area contributed by atoms with Crippen molar-refractivity contribution in [3.8, 4) is 0 Å².